The van der Waals surface area contributed by atoms with Gasteiger partial charge in [-0.3, -0.25) is 0 Å². The van der Waals surface area contributed by atoms with Gasteiger partial charge in [-0.25, -0.2) is 0 Å². The van der Waals surface area contributed by atoms with Gasteiger partial charge in [0, 0.05) is 6.54 Å². The molecule has 0 aliphatic heterocycles. The summed E-state index contributed by atoms with van der Waals surface area (Å²) in [5.74, 6) is 2.48. The van der Waals surface area contributed by atoms with E-state index in [0.717, 1.165) is 18.7 Å². The third kappa shape index (κ3) is 4.75. The molecule has 2 rings (SSSR count). The number of hydrogen-bond acceptors (Lipinski definition) is 6. The van der Waals surface area contributed by atoms with Crippen LogP contribution in [0.25, 0.3) is 0 Å². The molecule has 0 aliphatic carbocycles. The van der Waals surface area contributed by atoms with Crippen LogP contribution in [-0.4, -0.2) is 23.8 Å². The molecular formula is C15H21N3O3. The van der Waals surface area contributed by atoms with E-state index in [2.05, 4.69) is 33.8 Å². The Morgan fingerprint density at radius 2 is 2.14 bits per heavy atom. The van der Waals surface area contributed by atoms with Crippen molar-refractivity contribution >= 4 is 0 Å². The summed E-state index contributed by atoms with van der Waals surface area (Å²) in [7, 11) is 1.62. The van der Waals surface area contributed by atoms with Crippen molar-refractivity contribution in [2.24, 2.45) is 5.92 Å². The highest BCUT2D eigenvalue weighted by molar-refractivity contribution is 5.42. The SMILES string of the molecule is COc1ccc(CNCC(C)C)cc1OCc1ncon1. The number of hydrogen-bond donors (Lipinski definition) is 1. The Labute approximate surface area is 124 Å². The van der Waals surface area contributed by atoms with Crippen LogP contribution < -0.4 is 14.8 Å². The van der Waals surface area contributed by atoms with Crippen molar-refractivity contribution in [2.45, 2.75) is 27.0 Å². The minimum atomic E-state index is 0.246. The molecule has 1 aromatic heterocycles. The molecule has 1 heterocycles. The number of benzene rings is 1. The zero-order valence-electron chi connectivity index (χ0n) is 12.6. The van der Waals surface area contributed by atoms with Crippen LogP contribution in [0.3, 0.4) is 0 Å². The first-order valence-electron chi connectivity index (χ1n) is 6.94. The Morgan fingerprint density at radius 3 is 2.81 bits per heavy atom. The molecule has 2 aromatic rings. The topological polar surface area (TPSA) is 69.4 Å². The number of methoxy groups -OCH3 is 1. The molecule has 6 nitrogen and oxygen atoms in total. The maximum Gasteiger partial charge on any atom is 0.213 e. The van der Waals surface area contributed by atoms with Crippen molar-refractivity contribution in [2.75, 3.05) is 13.7 Å². The molecule has 114 valence electrons. The maximum absolute atomic E-state index is 5.70. The molecule has 0 amide bonds. The maximum atomic E-state index is 5.70. The standard InChI is InChI=1S/C15H21N3O3/c1-11(2)7-16-8-12-4-5-13(19-3)14(6-12)20-9-15-17-10-21-18-15/h4-6,10-11,16H,7-9H2,1-3H3. The summed E-state index contributed by atoms with van der Waals surface area (Å²) in [5, 5.41) is 7.11. The van der Waals surface area contributed by atoms with Crippen LogP contribution in [0.4, 0.5) is 0 Å². The van der Waals surface area contributed by atoms with E-state index in [-0.39, 0.29) is 6.61 Å². The Bertz CT molecular complexity index is 541. The summed E-state index contributed by atoms with van der Waals surface area (Å²) >= 11 is 0. The summed E-state index contributed by atoms with van der Waals surface area (Å²) in [6, 6.07) is 5.89. The lowest BCUT2D eigenvalue weighted by atomic mass is 10.2. The Morgan fingerprint density at radius 1 is 1.29 bits per heavy atom. The molecule has 0 aliphatic rings. The number of nitrogens with zero attached hydrogens (tertiary/aromatic N) is 2. The van der Waals surface area contributed by atoms with Gasteiger partial charge >= 0.3 is 0 Å². The van der Waals surface area contributed by atoms with Crippen LogP contribution in [0.5, 0.6) is 11.5 Å². The number of nitrogens with one attached hydrogen (secondary N) is 1. The van der Waals surface area contributed by atoms with Gasteiger partial charge in [0.2, 0.25) is 12.2 Å². The number of aromatic nitrogens is 2. The Balaban J connectivity index is 1.99. The molecule has 0 atom stereocenters. The average molecular weight is 291 g/mol. The van der Waals surface area contributed by atoms with Crippen LogP contribution in [0.15, 0.2) is 29.1 Å². The summed E-state index contributed by atoms with van der Waals surface area (Å²) in [6.45, 7) is 6.38. The lowest BCUT2D eigenvalue weighted by Gasteiger charge is -2.12. The van der Waals surface area contributed by atoms with Gasteiger partial charge in [0.1, 0.15) is 0 Å². The van der Waals surface area contributed by atoms with E-state index >= 15 is 0 Å². The first-order chi connectivity index (χ1) is 10.2. The van der Waals surface area contributed by atoms with E-state index < -0.39 is 0 Å². The molecule has 0 saturated heterocycles. The van der Waals surface area contributed by atoms with Gasteiger partial charge in [0.05, 0.1) is 7.11 Å². The second kappa shape index (κ2) is 7.64. The van der Waals surface area contributed by atoms with Crippen molar-refractivity contribution in [1.29, 1.82) is 0 Å². The quantitative estimate of drug-likeness (QED) is 0.805. The lowest BCUT2D eigenvalue weighted by molar-refractivity contribution is 0.269. The first-order valence-corrected chi connectivity index (χ1v) is 6.94. The highest BCUT2D eigenvalue weighted by Crippen LogP contribution is 2.28. The summed E-state index contributed by atoms with van der Waals surface area (Å²) < 4.78 is 15.7. The van der Waals surface area contributed by atoms with Crippen molar-refractivity contribution < 1.29 is 14.0 Å². The predicted octanol–water partition coefficient (Wildman–Crippen LogP) is 2.40. The Kier molecular flexibility index (Phi) is 5.57. The summed E-state index contributed by atoms with van der Waals surface area (Å²) in [5.41, 5.74) is 1.14. The molecule has 1 N–H and O–H groups in total. The van der Waals surface area contributed by atoms with Gasteiger partial charge in [-0.15, -0.1) is 0 Å². The summed E-state index contributed by atoms with van der Waals surface area (Å²) in [6.07, 6.45) is 1.28. The third-order valence-corrected chi connectivity index (χ3v) is 2.87. The van der Waals surface area contributed by atoms with Crippen LogP contribution in [0, 0.1) is 5.92 Å². The van der Waals surface area contributed by atoms with Gasteiger partial charge in [0.25, 0.3) is 0 Å². The van der Waals surface area contributed by atoms with Gasteiger partial charge in [-0.05, 0) is 30.2 Å². The third-order valence-electron chi connectivity index (χ3n) is 2.87. The normalized spacial score (nSPS) is 10.9. The average Bonchev–Trinajstić information content (AvgIpc) is 2.98. The van der Waals surface area contributed by atoms with E-state index in [1.165, 1.54) is 6.39 Å². The molecular weight excluding hydrogens is 270 g/mol. The number of rotatable bonds is 8. The fourth-order valence-corrected chi connectivity index (χ4v) is 1.85. The second-order valence-corrected chi connectivity index (χ2v) is 5.15. The van der Waals surface area contributed by atoms with Gasteiger partial charge in [-0.2, -0.15) is 4.98 Å². The molecule has 0 radical (unpaired) electrons. The zero-order valence-corrected chi connectivity index (χ0v) is 12.6. The molecule has 1 aromatic carbocycles. The van der Waals surface area contributed by atoms with Crippen LogP contribution in [-0.2, 0) is 13.2 Å². The van der Waals surface area contributed by atoms with E-state index in [1.54, 1.807) is 7.11 Å². The highest BCUT2D eigenvalue weighted by Gasteiger charge is 2.08. The van der Waals surface area contributed by atoms with E-state index in [4.69, 9.17) is 9.47 Å². The first kappa shape index (κ1) is 15.3. The fourth-order valence-electron chi connectivity index (χ4n) is 1.85. The van der Waals surface area contributed by atoms with Gasteiger partial charge in [0.15, 0.2) is 18.1 Å². The van der Waals surface area contributed by atoms with E-state index in [0.29, 0.717) is 23.2 Å². The van der Waals surface area contributed by atoms with E-state index in [1.807, 2.05) is 18.2 Å². The van der Waals surface area contributed by atoms with Crippen molar-refractivity contribution in [1.82, 2.24) is 15.5 Å². The number of ether oxygens (including phenoxy) is 2. The Hall–Kier alpha value is -2.08. The van der Waals surface area contributed by atoms with Crippen LogP contribution >= 0.6 is 0 Å². The van der Waals surface area contributed by atoms with Crippen molar-refractivity contribution in [3.05, 3.63) is 36.0 Å². The van der Waals surface area contributed by atoms with Gasteiger partial charge < -0.3 is 19.3 Å². The minimum absolute atomic E-state index is 0.246. The molecule has 0 spiro atoms. The highest BCUT2D eigenvalue weighted by atomic mass is 16.5. The van der Waals surface area contributed by atoms with E-state index in [9.17, 15) is 0 Å². The second-order valence-electron chi connectivity index (χ2n) is 5.15. The largest absolute Gasteiger partial charge is 0.493 e. The predicted molar refractivity (Wildman–Crippen MR) is 78.2 cm³/mol. The van der Waals surface area contributed by atoms with Crippen molar-refractivity contribution in [3.63, 3.8) is 0 Å². The molecule has 0 fully saturated rings. The molecule has 0 saturated carbocycles. The molecule has 6 heteroatoms. The van der Waals surface area contributed by atoms with Crippen LogP contribution in [0.1, 0.15) is 25.2 Å². The minimum Gasteiger partial charge on any atom is -0.493 e. The lowest BCUT2D eigenvalue weighted by Crippen LogP contribution is -2.18. The fraction of sp³-hybridized carbons (Fsp3) is 0.467. The van der Waals surface area contributed by atoms with Crippen molar-refractivity contribution in [3.8, 4) is 11.5 Å². The monoisotopic (exact) mass is 291 g/mol. The molecule has 0 bridgehead atoms. The smallest absolute Gasteiger partial charge is 0.213 e. The summed E-state index contributed by atoms with van der Waals surface area (Å²) in [4.78, 5) is 3.92. The molecule has 0 unspecified atom stereocenters. The van der Waals surface area contributed by atoms with Gasteiger partial charge in [-0.1, -0.05) is 25.1 Å². The molecule has 21 heavy (non-hydrogen) atoms. The van der Waals surface area contributed by atoms with Crippen LogP contribution in [0.2, 0.25) is 0 Å². The zero-order chi connectivity index (χ0) is 15.1.